The second-order valence-corrected chi connectivity index (χ2v) is 4.87. The Balaban J connectivity index is 2.29. The quantitative estimate of drug-likeness (QED) is 0.821. The molecule has 0 aliphatic rings. The maximum Gasteiger partial charge on any atom is 0.242 e. The summed E-state index contributed by atoms with van der Waals surface area (Å²) in [4.78, 5) is 16.3. The third kappa shape index (κ3) is 2.86. The van der Waals surface area contributed by atoms with E-state index in [4.69, 9.17) is 22.1 Å². The topological polar surface area (TPSA) is 82.2 Å². The Bertz CT molecular complexity index is 626. The van der Waals surface area contributed by atoms with Gasteiger partial charge in [-0.2, -0.15) is 0 Å². The highest BCUT2D eigenvalue weighted by atomic mass is 35.5. The van der Waals surface area contributed by atoms with E-state index < -0.39 is 6.04 Å². The van der Waals surface area contributed by atoms with E-state index >= 15 is 0 Å². The highest BCUT2D eigenvalue weighted by Gasteiger charge is 2.20. The van der Waals surface area contributed by atoms with Crippen LogP contribution < -0.4 is 11.1 Å². The molecule has 6 nitrogen and oxygen atoms in total. The van der Waals surface area contributed by atoms with Crippen molar-refractivity contribution in [3.63, 3.8) is 0 Å². The second kappa shape index (κ2) is 6.11. The molecule has 0 bridgehead atoms. The van der Waals surface area contributed by atoms with Crippen LogP contribution in [0, 0.1) is 0 Å². The molecule has 0 aliphatic heterocycles. The molecule has 3 N–H and O–H groups in total. The number of nitrogens with one attached hydrogen (secondary N) is 1. The lowest BCUT2D eigenvalue weighted by molar-refractivity contribution is -0.123. The lowest BCUT2D eigenvalue weighted by Gasteiger charge is -2.15. The Kier molecular flexibility index (Phi) is 4.46. The second-order valence-electron chi connectivity index (χ2n) is 4.43. The van der Waals surface area contributed by atoms with Crippen molar-refractivity contribution in [1.29, 1.82) is 0 Å². The molecular formula is C13H17ClN4O2. The molecule has 1 aromatic heterocycles. The zero-order valence-electron chi connectivity index (χ0n) is 11.4. The van der Waals surface area contributed by atoms with Gasteiger partial charge in [-0.15, -0.1) is 0 Å². The maximum atomic E-state index is 12.1. The Labute approximate surface area is 121 Å². The zero-order valence-corrected chi connectivity index (χ0v) is 12.1. The van der Waals surface area contributed by atoms with Crippen LogP contribution in [0.3, 0.4) is 0 Å². The molecule has 0 saturated heterocycles. The Morgan fingerprint density at radius 3 is 3.05 bits per heavy atom. The first kappa shape index (κ1) is 14.6. The van der Waals surface area contributed by atoms with E-state index in [0.29, 0.717) is 23.7 Å². The third-order valence-corrected chi connectivity index (χ3v) is 3.29. The molecule has 0 aliphatic carbocycles. The van der Waals surface area contributed by atoms with Gasteiger partial charge in [-0.05, 0) is 25.1 Å². The summed E-state index contributed by atoms with van der Waals surface area (Å²) in [6.45, 7) is 2.68. The van der Waals surface area contributed by atoms with Gasteiger partial charge in [0.25, 0.3) is 0 Å². The Morgan fingerprint density at radius 1 is 1.60 bits per heavy atom. The number of carbonyl (C=O) groups is 1. The number of fused-ring (bicyclic) bond motifs is 1. The number of halogens is 1. The summed E-state index contributed by atoms with van der Waals surface area (Å²) in [5.74, 6) is 0.143. The number of benzene rings is 1. The SMILES string of the molecule is COCCNC(=O)C(C)n1c(N)nc2ccc(Cl)cc21. The summed E-state index contributed by atoms with van der Waals surface area (Å²) in [5, 5.41) is 3.35. The average Bonchev–Trinajstić information content (AvgIpc) is 2.73. The van der Waals surface area contributed by atoms with Gasteiger partial charge >= 0.3 is 0 Å². The molecular weight excluding hydrogens is 280 g/mol. The fourth-order valence-electron chi connectivity index (χ4n) is 2.03. The van der Waals surface area contributed by atoms with Crippen molar-refractivity contribution in [2.75, 3.05) is 26.0 Å². The predicted octanol–water partition coefficient (Wildman–Crippen LogP) is 1.60. The van der Waals surface area contributed by atoms with Crippen LogP contribution in [0.5, 0.6) is 0 Å². The van der Waals surface area contributed by atoms with Crippen molar-refractivity contribution in [2.45, 2.75) is 13.0 Å². The van der Waals surface area contributed by atoms with Crippen LogP contribution >= 0.6 is 11.6 Å². The van der Waals surface area contributed by atoms with Crippen LogP contribution in [0.2, 0.25) is 5.02 Å². The van der Waals surface area contributed by atoms with Crippen molar-refractivity contribution < 1.29 is 9.53 Å². The molecule has 0 spiro atoms. The summed E-state index contributed by atoms with van der Waals surface area (Å²) < 4.78 is 6.57. The predicted molar refractivity (Wildman–Crippen MR) is 78.8 cm³/mol. The number of nitrogens with two attached hydrogens (primary N) is 1. The first-order valence-corrected chi connectivity index (χ1v) is 6.62. The number of ether oxygens (including phenoxy) is 1. The molecule has 20 heavy (non-hydrogen) atoms. The molecule has 1 unspecified atom stereocenters. The maximum absolute atomic E-state index is 12.1. The van der Waals surface area contributed by atoms with Crippen molar-refractivity contribution in [3.8, 4) is 0 Å². The fourth-order valence-corrected chi connectivity index (χ4v) is 2.20. The molecule has 1 heterocycles. The smallest absolute Gasteiger partial charge is 0.242 e. The number of nitrogen functional groups attached to an aromatic ring is 1. The van der Waals surface area contributed by atoms with E-state index in [2.05, 4.69) is 10.3 Å². The molecule has 0 radical (unpaired) electrons. The lowest BCUT2D eigenvalue weighted by atomic mass is 10.2. The number of imidazole rings is 1. The summed E-state index contributed by atoms with van der Waals surface area (Å²) >= 11 is 5.99. The molecule has 1 amide bonds. The monoisotopic (exact) mass is 296 g/mol. The van der Waals surface area contributed by atoms with Crippen LogP contribution in [0.1, 0.15) is 13.0 Å². The van der Waals surface area contributed by atoms with Gasteiger partial charge in [-0.3, -0.25) is 9.36 Å². The van der Waals surface area contributed by atoms with Gasteiger partial charge < -0.3 is 15.8 Å². The van der Waals surface area contributed by atoms with Gasteiger partial charge in [0.1, 0.15) is 6.04 Å². The van der Waals surface area contributed by atoms with Gasteiger partial charge in [0.15, 0.2) is 0 Å². The number of amides is 1. The summed E-state index contributed by atoms with van der Waals surface area (Å²) in [6, 6.07) is 4.79. The number of hydrogen-bond donors (Lipinski definition) is 2. The van der Waals surface area contributed by atoms with Gasteiger partial charge in [0, 0.05) is 18.7 Å². The van der Waals surface area contributed by atoms with Gasteiger partial charge in [0.2, 0.25) is 11.9 Å². The standard InChI is InChI=1S/C13H17ClN4O2/c1-8(12(19)16-5-6-20-2)18-11-7-9(14)3-4-10(11)17-13(18)15/h3-4,7-8H,5-6H2,1-2H3,(H2,15,17)(H,16,19). The van der Waals surface area contributed by atoms with E-state index in [1.807, 2.05) is 0 Å². The van der Waals surface area contributed by atoms with E-state index in [-0.39, 0.29) is 11.9 Å². The van der Waals surface area contributed by atoms with Crippen LogP contribution in [-0.2, 0) is 9.53 Å². The van der Waals surface area contributed by atoms with E-state index in [9.17, 15) is 4.79 Å². The van der Waals surface area contributed by atoms with Crippen LogP contribution in [0.25, 0.3) is 11.0 Å². The normalized spacial score (nSPS) is 12.6. The minimum Gasteiger partial charge on any atom is -0.383 e. The minimum atomic E-state index is -0.477. The number of carbonyl (C=O) groups excluding carboxylic acids is 1. The minimum absolute atomic E-state index is 0.145. The van der Waals surface area contributed by atoms with Gasteiger partial charge in [-0.25, -0.2) is 4.98 Å². The highest BCUT2D eigenvalue weighted by Crippen LogP contribution is 2.25. The number of anilines is 1. The fraction of sp³-hybridized carbons (Fsp3) is 0.385. The summed E-state index contributed by atoms with van der Waals surface area (Å²) in [6.07, 6.45) is 0. The molecule has 7 heteroatoms. The van der Waals surface area contributed by atoms with Crippen molar-refractivity contribution in [3.05, 3.63) is 23.2 Å². The van der Waals surface area contributed by atoms with E-state index in [1.54, 1.807) is 36.8 Å². The number of rotatable bonds is 5. The Morgan fingerprint density at radius 2 is 2.35 bits per heavy atom. The summed E-state index contributed by atoms with van der Waals surface area (Å²) in [5.41, 5.74) is 7.35. The first-order valence-electron chi connectivity index (χ1n) is 6.24. The molecule has 0 saturated carbocycles. The number of hydrogen-bond acceptors (Lipinski definition) is 4. The molecule has 1 atom stereocenters. The largest absolute Gasteiger partial charge is 0.383 e. The molecule has 1 aromatic carbocycles. The molecule has 108 valence electrons. The van der Waals surface area contributed by atoms with Crippen LogP contribution in [0.4, 0.5) is 5.95 Å². The van der Waals surface area contributed by atoms with E-state index in [0.717, 1.165) is 5.52 Å². The average molecular weight is 297 g/mol. The summed E-state index contributed by atoms with van der Waals surface area (Å²) in [7, 11) is 1.58. The van der Waals surface area contributed by atoms with Crippen LogP contribution in [-0.4, -0.2) is 35.7 Å². The first-order chi connectivity index (χ1) is 9.54. The number of nitrogens with zero attached hydrogens (tertiary/aromatic N) is 2. The third-order valence-electron chi connectivity index (χ3n) is 3.05. The molecule has 2 rings (SSSR count). The Hall–Kier alpha value is -1.79. The van der Waals surface area contributed by atoms with Crippen molar-refractivity contribution >= 4 is 34.5 Å². The number of methoxy groups -OCH3 is 1. The lowest BCUT2D eigenvalue weighted by Crippen LogP contribution is -2.33. The molecule has 0 fully saturated rings. The van der Waals surface area contributed by atoms with Crippen LogP contribution in [0.15, 0.2) is 18.2 Å². The molecule has 2 aromatic rings. The van der Waals surface area contributed by atoms with Gasteiger partial charge in [-0.1, -0.05) is 11.6 Å². The van der Waals surface area contributed by atoms with Gasteiger partial charge in [0.05, 0.1) is 17.6 Å². The highest BCUT2D eigenvalue weighted by molar-refractivity contribution is 6.31. The van der Waals surface area contributed by atoms with E-state index in [1.165, 1.54) is 0 Å². The number of aromatic nitrogens is 2. The van der Waals surface area contributed by atoms with Crippen molar-refractivity contribution in [1.82, 2.24) is 14.9 Å². The zero-order chi connectivity index (χ0) is 14.7. The van der Waals surface area contributed by atoms with Crippen molar-refractivity contribution in [2.24, 2.45) is 0 Å².